The Morgan fingerprint density at radius 2 is 1.43 bits per heavy atom. The fraction of sp³-hybridized carbons (Fsp3) is 0.278. The minimum absolute atomic E-state index is 0.00386. The van der Waals surface area contributed by atoms with Crippen LogP contribution in [0, 0.1) is 6.92 Å². The van der Waals surface area contributed by atoms with Crippen LogP contribution in [0.2, 0.25) is 10.0 Å². The number of carbonyl (C=O) groups excluding carboxylic acids is 2. The number of hydrogen-bond acceptors (Lipinski definition) is 4. The lowest BCUT2D eigenvalue weighted by Gasteiger charge is -2.34. The number of sulfonamides is 1. The van der Waals surface area contributed by atoms with E-state index in [0.29, 0.717) is 0 Å². The summed E-state index contributed by atoms with van der Waals surface area (Å²) < 4.78 is 29.3. The summed E-state index contributed by atoms with van der Waals surface area (Å²) in [5.41, 5.74) is 2.82. The topological polar surface area (TPSA) is 86.8 Å². The number of benzene rings is 4. The van der Waals surface area contributed by atoms with Crippen LogP contribution in [-0.4, -0.2) is 43.8 Å². The number of hydrogen-bond donors (Lipinski definition) is 1. The van der Waals surface area contributed by atoms with Gasteiger partial charge in [0.05, 0.1) is 10.6 Å². The van der Waals surface area contributed by atoms with Crippen molar-refractivity contribution in [3.05, 3.63) is 130 Å². The number of rotatable bonds is 12. The van der Waals surface area contributed by atoms with Crippen molar-refractivity contribution in [3.8, 4) is 0 Å². The summed E-state index contributed by atoms with van der Waals surface area (Å²) in [5, 5.41) is 3.63. The molecule has 4 aromatic rings. The molecule has 1 unspecified atom stereocenters. The Bertz CT molecular complexity index is 1740. The summed E-state index contributed by atoms with van der Waals surface area (Å²) in [6.07, 6.45) is 4.09. The first-order valence-corrected chi connectivity index (χ1v) is 17.5. The van der Waals surface area contributed by atoms with Gasteiger partial charge in [0.15, 0.2) is 0 Å². The second kappa shape index (κ2) is 15.2. The van der Waals surface area contributed by atoms with E-state index in [-0.39, 0.29) is 45.5 Å². The number of aryl methyl sites for hydroxylation is 1. The fourth-order valence-electron chi connectivity index (χ4n) is 5.82. The van der Waals surface area contributed by atoms with Crippen LogP contribution in [0.15, 0.2) is 108 Å². The lowest BCUT2D eigenvalue weighted by molar-refractivity contribution is -0.140. The summed E-state index contributed by atoms with van der Waals surface area (Å²) in [7, 11) is -4.25. The van der Waals surface area contributed by atoms with Crippen molar-refractivity contribution in [2.24, 2.45) is 0 Å². The van der Waals surface area contributed by atoms with E-state index in [2.05, 4.69) is 5.32 Å². The summed E-state index contributed by atoms with van der Waals surface area (Å²) in [4.78, 5) is 30.3. The van der Waals surface area contributed by atoms with Gasteiger partial charge in [-0.15, -0.1) is 0 Å². The van der Waals surface area contributed by atoms with Gasteiger partial charge in [-0.1, -0.05) is 109 Å². The van der Waals surface area contributed by atoms with Gasteiger partial charge in [0.1, 0.15) is 12.6 Å². The molecule has 1 aliphatic carbocycles. The highest BCUT2D eigenvalue weighted by Crippen LogP contribution is 2.30. The molecule has 5 rings (SSSR count). The van der Waals surface area contributed by atoms with Crippen molar-refractivity contribution in [1.82, 2.24) is 10.2 Å². The average Bonchev–Trinajstić information content (AvgIpc) is 3.55. The van der Waals surface area contributed by atoms with Crippen LogP contribution in [0.4, 0.5) is 5.69 Å². The van der Waals surface area contributed by atoms with E-state index in [1.807, 2.05) is 61.5 Å². The summed E-state index contributed by atoms with van der Waals surface area (Å²) >= 11 is 12.6. The van der Waals surface area contributed by atoms with Crippen LogP contribution in [0.5, 0.6) is 0 Å². The Balaban J connectivity index is 1.59. The lowest BCUT2D eigenvalue weighted by atomic mass is 10.0. The fourth-order valence-corrected chi connectivity index (χ4v) is 7.76. The Morgan fingerprint density at radius 1 is 0.848 bits per heavy atom. The van der Waals surface area contributed by atoms with E-state index in [9.17, 15) is 18.0 Å². The summed E-state index contributed by atoms with van der Waals surface area (Å²) in [6.45, 7) is 1.47. The molecule has 1 saturated carbocycles. The van der Waals surface area contributed by atoms with Gasteiger partial charge in [-0.2, -0.15) is 0 Å². The lowest BCUT2D eigenvalue weighted by Crippen LogP contribution is -2.54. The molecule has 240 valence electrons. The Labute approximate surface area is 281 Å². The van der Waals surface area contributed by atoms with E-state index >= 15 is 0 Å². The zero-order chi connectivity index (χ0) is 32.7. The molecule has 0 radical (unpaired) electrons. The van der Waals surface area contributed by atoms with Crippen LogP contribution in [0.3, 0.4) is 0 Å². The average molecular weight is 679 g/mol. The first-order valence-electron chi connectivity index (χ1n) is 15.3. The van der Waals surface area contributed by atoms with Crippen LogP contribution >= 0.6 is 23.2 Å². The number of nitrogens with zero attached hydrogens (tertiary/aromatic N) is 2. The third-order valence-electron chi connectivity index (χ3n) is 8.32. The molecule has 0 bridgehead atoms. The Morgan fingerprint density at radius 3 is 2.07 bits per heavy atom. The molecule has 7 nitrogen and oxygen atoms in total. The molecule has 1 N–H and O–H groups in total. The van der Waals surface area contributed by atoms with Gasteiger partial charge in [0, 0.05) is 29.1 Å². The minimum Gasteiger partial charge on any atom is -0.352 e. The molecule has 0 aliphatic heterocycles. The zero-order valence-electron chi connectivity index (χ0n) is 25.6. The first-order chi connectivity index (χ1) is 22.1. The first kappa shape index (κ1) is 33.5. The number of nitrogens with one attached hydrogen (secondary N) is 1. The van der Waals surface area contributed by atoms with Gasteiger partial charge in [-0.25, -0.2) is 8.42 Å². The van der Waals surface area contributed by atoms with E-state index in [1.54, 1.807) is 18.2 Å². The van der Waals surface area contributed by atoms with Gasteiger partial charge in [0.25, 0.3) is 10.0 Å². The van der Waals surface area contributed by atoms with Crippen LogP contribution in [0.25, 0.3) is 0 Å². The van der Waals surface area contributed by atoms with Crippen LogP contribution in [-0.2, 0) is 32.6 Å². The van der Waals surface area contributed by atoms with Crippen molar-refractivity contribution in [1.29, 1.82) is 0 Å². The molecule has 0 aromatic heterocycles. The summed E-state index contributed by atoms with van der Waals surface area (Å²) in [5.74, 6) is -0.803. The van der Waals surface area contributed by atoms with Crippen molar-refractivity contribution in [2.75, 3.05) is 10.8 Å². The Hall–Kier alpha value is -3.85. The second-order valence-electron chi connectivity index (χ2n) is 11.6. The van der Waals surface area contributed by atoms with E-state index in [1.165, 1.54) is 35.2 Å². The van der Waals surface area contributed by atoms with Crippen LogP contribution < -0.4 is 9.62 Å². The number of carbonyl (C=O) groups is 2. The van der Waals surface area contributed by atoms with Gasteiger partial charge < -0.3 is 10.2 Å². The summed E-state index contributed by atoms with van der Waals surface area (Å²) in [6, 6.07) is 28.6. The third-order valence-corrected chi connectivity index (χ3v) is 10.5. The quantitative estimate of drug-likeness (QED) is 0.172. The highest BCUT2D eigenvalue weighted by Gasteiger charge is 2.36. The molecule has 2 amide bonds. The molecule has 1 atom stereocenters. The maximum Gasteiger partial charge on any atom is 0.264 e. The number of halogens is 2. The van der Waals surface area contributed by atoms with E-state index in [4.69, 9.17) is 23.2 Å². The van der Waals surface area contributed by atoms with Gasteiger partial charge in [-0.3, -0.25) is 13.9 Å². The van der Waals surface area contributed by atoms with Crippen LogP contribution in [0.1, 0.15) is 42.4 Å². The maximum absolute atomic E-state index is 14.6. The van der Waals surface area contributed by atoms with Crippen molar-refractivity contribution < 1.29 is 18.0 Å². The normalized spacial score (nSPS) is 14.1. The highest BCUT2D eigenvalue weighted by atomic mass is 35.5. The van der Waals surface area contributed by atoms with Gasteiger partial charge in [0.2, 0.25) is 11.8 Å². The predicted octanol–water partition coefficient (Wildman–Crippen LogP) is 7.20. The van der Waals surface area contributed by atoms with E-state index in [0.717, 1.165) is 46.7 Å². The minimum atomic E-state index is -4.25. The number of amides is 2. The second-order valence-corrected chi connectivity index (χ2v) is 14.3. The Kier molecular flexibility index (Phi) is 11.0. The smallest absolute Gasteiger partial charge is 0.264 e. The molecule has 4 aromatic carbocycles. The largest absolute Gasteiger partial charge is 0.352 e. The molecular formula is C36H37Cl2N3O4S. The molecule has 46 heavy (non-hydrogen) atoms. The third kappa shape index (κ3) is 8.29. The van der Waals surface area contributed by atoms with Crippen molar-refractivity contribution in [3.63, 3.8) is 0 Å². The molecule has 0 heterocycles. The predicted molar refractivity (Wildman–Crippen MR) is 183 cm³/mol. The molecule has 1 aliphatic rings. The zero-order valence-corrected chi connectivity index (χ0v) is 27.9. The molecule has 1 fully saturated rings. The molecule has 0 saturated heterocycles. The maximum atomic E-state index is 14.6. The van der Waals surface area contributed by atoms with Gasteiger partial charge >= 0.3 is 0 Å². The molecule has 10 heteroatoms. The SMILES string of the molecule is Cc1ccccc1CN(C(=O)CN(c1cc(Cl)cc(Cl)c1)S(=O)(=O)c1ccccc1)C(Cc1ccccc1)C(=O)NC1CCCC1. The van der Waals surface area contributed by atoms with E-state index < -0.39 is 28.5 Å². The van der Waals surface area contributed by atoms with Crippen molar-refractivity contribution in [2.45, 2.75) is 62.6 Å². The number of anilines is 1. The van der Waals surface area contributed by atoms with Crippen molar-refractivity contribution >= 4 is 50.7 Å². The molecular weight excluding hydrogens is 641 g/mol. The van der Waals surface area contributed by atoms with Gasteiger partial charge in [-0.05, 0) is 66.8 Å². The highest BCUT2D eigenvalue weighted by molar-refractivity contribution is 7.92. The standard InChI is InChI=1S/C36H37Cl2N3O4S/c1-26-12-8-9-15-28(26)24-40(34(20-27-13-4-2-5-14-27)36(43)39-31-16-10-11-17-31)35(42)25-41(32-22-29(37)21-30(38)23-32)46(44,45)33-18-6-3-7-19-33/h2-9,12-15,18-19,21-23,31,34H,10-11,16-17,20,24-25H2,1H3,(H,39,43). The molecule has 0 spiro atoms. The monoisotopic (exact) mass is 677 g/mol.